The number of nitrogens with zero attached hydrogens (tertiary/aromatic N) is 1. The fourth-order valence-corrected chi connectivity index (χ4v) is 2.15. The maximum Gasteiger partial charge on any atom is 0.126 e. The van der Waals surface area contributed by atoms with E-state index in [0.717, 1.165) is 44.0 Å². The second kappa shape index (κ2) is 5.63. The third-order valence-corrected chi connectivity index (χ3v) is 3.68. The third kappa shape index (κ3) is 3.40. The molecule has 0 atom stereocenters. The van der Waals surface area contributed by atoms with E-state index in [2.05, 4.69) is 17.2 Å². The highest BCUT2D eigenvalue weighted by Crippen LogP contribution is 2.29. The van der Waals surface area contributed by atoms with Gasteiger partial charge in [-0.2, -0.15) is 0 Å². The number of anilines is 1. The maximum atomic E-state index is 5.61. The smallest absolute Gasteiger partial charge is 0.126 e. The molecule has 3 N–H and O–H groups in total. The first-order valence-electron chi connectivity index (χ1n) is 6.17. The molecule has 5 heteroatoms. The van der Waals surface area contributed by atoms with Crippen LogP contribution in [-0.2, 0) is 4.74 Å². The predicted octanol–water partition coefficient (Wildman–Crippen LogP) is 1.94. The summed E-state index contributed by atoms with van der Waals surface area (Å²) in [6, 6.07) is 3.72. The molecule has 0 amide bonds. The number of aromatic nitrogens is 1. The molecule has 2 heterocycles. The Morgan fingerprint density at radius 3 is 2.94 bits per heavy atom. The lowest BCUT2D eigenvalue weighted by atomic mass is 9.82. The van der Waals surface area contributed by atoms with Gasteiger partial charge in [-0.1, -0.05) is 19.1 Å². The minimum atomic E-state index is 0.277. The molecule has 2 rings (SSSR count). The van der Waals surface area contributed by atoms with Gasteiger partial charge in [0, 0.05) is 31.5 Å². The highest BCUT2D eigenvalue weighted by atomic mass is 32.1. The molecule has 0 saturated carbocycles. The molecule has 1 aromatic heterocycles. The lowest BCUT2D eigenvalue weighted by Crippen LogP contribution is -2.33. The maximum absolute atomic E-state index is 5.61. The quantitative estimate of drug-likeness (QED) is 0.815. The van der Waals surface area contributed by atoms with E-state index < -0.39 is 0 Å². The Labute approximate surface area is 113 Å². The van der Waals surface area contributed by atoms with Crippen molar-refractivity contribution in [3.8, 4) is 0 Å². The minimum Gasteiger partial charge on any atom is -0.389 e. The molecule has 0 radical (unpaired) electrons. The summed E-state index contributed by atoms with van der Waals surface area (Å²) in [5.41, 5.74) is 6.73. The van der Waals surface area contributed by atoms with E-state index in [-0.39, 0.29) is 5.41 Å². The van der Waals surface area contributed by atoms with Crippen LogP contribution in [0, 0.1) is 5.41 Å². The second-order valence-corrected chi connectivity index (χ2v) is 5.51. The summed E-state index contributed by atoms with van der Waals surface area (Å²) in [5.74, 6) is 0.827. The first-order chi connectivity index (χ1) is 8.59. The van der Waals surface area contributed by atoms with Crippen LogP contribution in [-0.4, -0.2) is 29.7 Å². The summed E-state index contributed by atoms with van der Waals surface area (Å²) >= 11 is 4.96. The van der Waals surface area contributed by atoms with Crippen LogP contribution in [0.15, 0.2) is 18.3 Å². The topological polar surface area (TPSA) is 60.2 Å². The summed E-state index contributed by atoms with van der Waals surface area (Å²) in [6.07, 6.45) is 3.88. The van der Waals surface area contributed by atoms with Crippen molar-refractivity contribution in [2.75, 3.05) is 25.1 Å². The van der Waals surface area contributed by atoms with Gasteiger partial charge < -0.3 is 15.8 Å². The van der Waals surface area contributed by atoms with E-state index >= 15 is 0 Å². The normalized spacial score (nSPS) is 18.3. The van der Waals surface area contributed by atoms with Gasteiger partial charge in [0.25, 0.3) is 0 Å². The van der Waals surface area contributed by atoms with Crippen molar-refractivity contribution in [1.29, 1.82) is 0 Å². The van der Waals surface area contributed by atoms with Crippen LogP contribution < -0.4 is 11.1 Å². The summed E-state index contributed by atoms with van der Waals surface area (Å²) in [7, 11) is 0. The van der Waals surface area contributed by atoms with Gasteiger partial charge in [0.2, 0.25) is 0 Å². The molecule has 98 valence electrons. The van der Waals surface area contributed by atoms with Crippen LogP contribution >= 0.6 is 12.2 Å². The van der Waals surface area contributed by atoms with Crippen LogP contribution in [0.5, 0.6) is 0 Å². The molecule has 1 aliphatic heterocycles. The molecule has 1 aliphatic rings. The van der Waals surface area contributed by atoms with Crippen LogP contribution in [0.4, 0.5) is 5.82 Å². The Bertz CT molecular complexity index is 430. The van der Waals surface area contributed by atoms with Gasteiger partial charge in [-0.15, -0.1) is 0 Å². The van der Waals surface area contributed by atoms with E-state index in [9.17, 15) is 0 Å². The standard InChI is InChI=1S/C13H19N3OS/c1-13(3-6-17-7-4-13)9-16-11-8-10(12(14)18)2-5-15-11/h2,5,8H,3-4,6-7,9H2,1H3,(H2,14,18)(H,15,16). The molecule has 18 heavy (non-hydrogen) atoms. The van der Waals surface area contributed by atoms with E-state index in [1.54, 1.807) is 6.20 Å². The molecule has 1 aromatic rings. The Hall–Kier alpha value is -1.20. The van der Waals surface area contributed by atoms with Gasteiger partial charge in [0.05, 0.1) is 0 Å². The van der Waals surface area contributed by atoms with E-state index in [1.165, 1.54) is 0 Å². The summed E-state index contributed by atoms with van der Waals surface area (Å²) < 4.78 is 5.39. The first kappa shape index (κ1) is 13.2. The zero-order valence-corrected chi connectivity index (χ0v) is 11.4. The lowest BCUT2D eigenvalue weighted by Gasteiger charge is -2.33. The summed E-state index contributed by atoms with van der Waals surface area (Å²) in [6.45, 7) is 4.86. The van der Waals surface area contributed by atoms with Gasteiger partial charge in [-0.05, 0) is 30.4 Å². The molecule has 0 bridgehead atoms. The Morgan fingerprint density at radius 2 is 2.28 bits per heavy atom. The number of nitrogens with one attached hydrogen (secondary N) is 1. The van der Waals surface area contributed by atoms with Crippen LogP contribution in [0.3, 0.4) is 0 Å². The highest BCUT2D eigenvalue weighted by molar-refractivity contribution is 7.80. The van der Waals surface area contributed by atoms with Gasteiger partial charge in [0.15, 0.2) is 0 Å². The summed E-state index contributed by atoms with van der Waals surface area (Å²) in [5, 5.41) is 3.37. The van der Waals surface area contributed by atoms with Crippen molar-refractivity contribution in [2.45, 2.75) is 19.8 Å². The van der Waals surface area contributed by atoms with Crippen molar-refractivity contribution in [3.05, 3.63) is 23.9 Å². The third-order valence-electron chi connectivity index (χ3n) is 3.44. The Kier molecular flexibility index (Phi) is 4.14. The molecule has 1 fully saturated rings. The van der Waals surface area contributed by atoms with Crippen LogP contribution in [0.1, 0.15) is 25.3 Å². The zero-order valence-electron chi connectivity index (χ0n) is 10.6. The number of rotatable bonds is 4. The molecular weight excluding hydrogens is 246 g/mol. The van der Waals surface area contributed by atoms with Crippen LogP contribution in [0.25, 0.3) is 0 Å². The number of thiocarbonyl (C=S) groups is 1. The Morgan fingerprint density at radius 1 is 1.56 bits per heavy atom. The predicted molar refractivity (Wildman–Crippen MR) is 76.8 cm³/mol. The van der Waals surface area contributed by atoms with Gasteiger partial charge in [-0.3, -0.25) is 0 Å². The van der Waals surface area contributed by atoms with E-state index in [1.807, 2.05) is 12.1 Å². The summed E-state index contributed by atoms with van der Waals surface area (Å²) in [4.78, 5) is 4.68. The van der Waals surface area contributed by atoms with E-state index in [0.29, 0.717) is 4.99 Å². The zero-order chi connectivity index (χ0) is 13.0. The molecule has 1 saturated heterocycles. The lowest BCUT2D eigenvalue weighted by molar-refractivity contribution is 0.0300. The molecule has 4 nitrogen and oxygen atoms in total. The fraction of sp³-hybridized carbons (Fsp3) is 0.538. The van der Waals surface area contributed by atoms with Crippen LogP contribution in [0.2, 0.25) is 0 Å². The number of hydrogen-bond donors (Lipinski definition) is 2. The fourth-order valence-electron chi connectivity index (χ4n) is 2.03. The van der Waals surface area contributed by atoms with Crippen molar-refractivity contribution >= 4 is 23.0 Å². The van der Waals surface area contributed by atoms with E-state index in [4.69, 9.17) is 22.7 Å². The average molecular weight is 265 g/mol. The SMILES string of the molecule is CC1(CNc2cc(C(N)=S)ccn2)CCOCC1. The largest absolute Gasteiger partial charge is 0.389 e. The van der Waals surface area contributed by atoms with Gasteiger partial charge in [0.1, 0.15) is 10.8 Å². The number of pyridine rings is 1. The molecule has 0 aliphatic carbocycles. The number of ether oxygens (including phenoxy) is 1. The van der Waals surface area contributed by atoms with Crippen molar-refractivity contribution in [3.63, 3.8) is 0 Å². The number of hydrogen-bond acceptors (Lipinski definition) is 4. The highest BCUT2D eigenvalue weighted by Gasteiger charge is 2.27. The van der Waals surface area contributed by atoms with Gasteiger partial charge >= 0.3 is 0 Å². The second-order valence-electron chi connectivity index (χ2n) is 5.07. The first-order valence-corrected chi connectivity index (χ1v) is 6.57. The van der Waals surface area contributed by atoms with Gasteiger partial charge in [-0.25, -0.2) is 4.98 Å². The number of nitrogens with two attached hydrogens (primary N) is 1. The van der Waals surface area contributed by atoms with Crippen molar-refractivity contribution in [1.82, 2.24) is 4.98 Å². The average Bonchev–Trinajstić information content (AvgIpc) is 2.38. The monoisotopic (exact) mass is 265 g/mol. The van der Waals surface area contributed by atoms with Crippen molar-refractivity contribution < 1.29 is 4.74 Å². The molecule has 0 unspecified atom stereocenters. The molecule has 0 aromatic carbocycles. The minimum absolute atomic E-state index is 0.277. The van der Waals surface area contributed by atoms with Crippen molar-refractivity contribution in [2.24, 2.45) is 11.1 Å². The molecular formula is C13H19N3OS. The molecule has 0 spiro atoms. The Balaban J connectivity index is 1.97.